The third-order valence-electron chi connectivity index (χ3n) is 7.47. The molecule has 2 nitrogen and oxygen atoms in total. The lowest BCUT2D eigenvalue weighted by Crippen LogP contribution is -2.63. The molecule has 2 aliphatic heterocycles. The number of fused-ring (bicyclic) bond motifs is 7. The van der Waals surface area contributed by atoms with E-state index < -0.39 is 0 Å². The molecule has 1 aromatic heterocycles. The van der Waals surface area contributed by atoms with Gasteiger partial charge >= 0.3 is 0 Å². The maximum Gasteiger partial charge on any atom is 0.247 e. The van der Waals surface area contributed by atoms with Gasteiger partial charge in [0.25, 0.3) is 0 Å². The zero-order chi connectivity index (χ0) is 20.9. The SMILES string of the molecule is CC1(C)c2ccccc2B2c3c(cc(C#N)cc31)-n1c3ccccc3c3cccc2c31. The molecule has 0 radical (unpaired) electrons. The van der Waals surface area contributed by atoms with Crippen molar-refractivity contribution in [2.45, 2.75) is 19.3 Å². The van der Waals surface area contributed by atoms with E-state index in [2.05, 4.69) is 103 Å². The molecule has 0 N–H and O–H groups in total. The highest BCUT2D eigenvalue weighted by atomic mass is 15.0. The Balaban J connectivity index is 1.78. The second-order valence-electron chi connectivity index (χ2n) is 9.31. The van der Waals surface area contributed by atoms with E-state index in [1.165, 1.54) is 49.3 Å². The smallest absolute Gasteiger partial charge is 0.247 e. The van der Waals surface area contributed by atoms with Gasteiger partial charge in [-0.05, 0) is 40.3 Å². The van der Waals surface area contributed by atoms with E-state index in [1.54, 1.807) is 0 Å². The number of hydrogen-bond acceptors (Lipinski definition) is 1. The first-order valence-electron chi connectivity index (χ1n) is 10.8. The summed E-state index contributed by atoms with van der Waals surface area (Å²) in [7, 11) is 0. The van der Waals surface area contributed by atoms with Gasteiger partial charge in [-0.3, -0.25) is 0 Å². The van der Waals surface area contributed by atoms with Crippen molar-refractivity contribution >= 4 is 44.9 Å². The molecule has 5 aromatic rings. The van der Waals surface area contributed by atoms with Gasteiger partial charge in [-0.15, -0.1) is 0 Å². The number of aromatic nitrogens is 1. The maximum atomic E-state index is 9.90. The molecule has 0 fully saturated rings. The van der Waals surface area contributed by atoms with Gasteiger partial charge in [0.2, 0.25) is 6.71 Å². The second kappa shape index (κ2) is 5.48. The number of nitriles is 1. The van der Waals surface area contributed by atoms with Crippen molar-refractivity contribution in [1.29, 1.82) is 5.26 Å². The third kappa shape index (κ3) is 1.89. The number of para-hydroxylation sites is 2. The van der Waals surface area contributed by atoms with Gasteiger partial charge in [-0.2, -0.15) is 5.26 Å². The molecule has 0 atom stereocenters. The molecule has 3 heterocycles. The fourth-order valence-corrected chi connectivity index (χ4v) is 6.18. The molecule has 144 valence electrons. The highest BCUT2D eigenvalue weighted by Crippen LogP contribution is 2.39. The van der Waals surface area contributed by atoms with E-state index in [1.807, 2.05) is 0 Å². The Morgan fingerprint density at radius 3 is 2.42 bits per heavy atom. The van der Waals surface area contributed by atoms with Crippen LogP contribution in [0.4, 0.5) is 0 Å². The minimum absolute atomic E-state index is 0.168. The van der Waals surface area contributed by atoms with Crippen molar-refractivity contribution < 1.29 is 0 Å². The fraction of sp³-hybridized carbons (Fsp3) is 0.107. The molecule has 0 spiro atoms. The minimum Gasteiger partial charge on any atom is -0.310 e. The highest BCUT2D eigenvalue weighted by molar-refractivity contribution is 6.99. The molecule has 0 saturated carbocycles. The summed E-state index contributed by atoms with van der Waals surface area (Å²) in [5.74, 6) is 0. The van der Waals surface area contributed by atoms with Crippen molar-refractivity contribution in [3.8, 4) is 11.8 Å². The first-order chi connectivity index (χ1) is 15.1. The average Bonchev–Trinajstić information content (AvgIpc) is 3.14. The summed E-state index contributed by atoms with van der Waals surface area (Å²) in [6.45, 7) is 4.77. The van der Waals surface area contributed by atoms with Gasteiger partial charge in [-0.25, -0.2) is 0 Å². The van der Waals surface area contributed by atoms with Crippen LogP contribution in [-0.4, -0.2) is 11.3 Å². The van der Waals surface area contributed by atoms with Crippen molar-refractivity contribution in [2.75, 3.05) is 0 Å². The lowest BCUT2D eigenvalue weighted by molar-refractivity contribution is 0.645. The summed E-state index contributed by atoms with van der Waals surface area (Å²) in [6.07, 6.45) is 0. The molecule has 0 saturated heterocycles. The van der Waals surface area contributed by atoms with Crippen molar-refractivity contribution in [2.24, 2.45) is 0 Å². The van der Waals surface area contributed by atoms with Crippen LogP contribution in [0.2, 0.25) is 0 Å². The van der Waals surface area contributed by atoms with Gasteiger partial charge in [-0.1, -0.05) is 80.0 Å². The molecule has 7 rings (SSSR count). The van der Waals surface area contributed by atoms with E-state index in [4.69, 9.17) is 0 Å². The van der Waals surface area contributed by atoms with Gasteiger partial charge in [0, 0.05) is 27.4 Å². The molecule has 0 amide bonds. The largest absolute Gasteiger partial charge is 0.310 e. The predicted octanol–water partition coefficient (Wildman–Crippen LogP) is 4.12. The number of rotatable bonds is 0. The van der Waals surface area contributed by atoms with E-state index in [0.29, 0.717) is 0 Å². The Labute approximate surface area is 181 Å². The Morgan fingerprint density at radius 2 is 1.55 bits per heavy atom. The standard InChI is InChI=1S/C28H19BN2/c1-28(2)20-10-4-5-11-22(20)29-23-12-7-9-19-18-8-3-6-13-24(18)31(27(19)23)25-15-17(16-30)14-21(28)26(25)29/h3-15H,1-2H3. The van der Waals surface area contributed by atoms with Crippen molar-refractivity contribution in [3.05, 3.63) is 95.6 Å². The Morgan fingerprint density at radius 1 is 0.806 bits per heavy atom. The van der Waals surface area contributed by atoms with Crippen LogP contribution in [0.3, 0.4) is 0 Å². The third-order valence-corrected chi connectivity index (χ3v) is 7.47. The van der Waals surface area contributed by atoms with Crippen LogP contribution in [0.1, 0.15) is 30.5 Å². The zero-order valence-electron chi connectivity index (χ0n) is 17.5. The quantitative estimate of drug-likeness (QED) is 0.356. The Hall–Kier alpha value is -3.77. The predicted molar refractivity (Wildman–Crippen MR) is 129 cm³/mol. The minimum atomic E-state index is -0.168. The molecule has 3 heteroatoms. The zero-order valence-corrected chi connectivity index (χ0v) is 17.5. The van der Waals surface area contributed by atoms with Crippen LogP contribution < -0.4 is 16.4 Å². The monoisotopic (exact) mass is 394 g/mol. The Bertz CT molecular complexity index is 1630. The van der Waals surface area contributed by atoms with E-state index in [-0.39, 0.29) is 12.1 Å². The molecular weight excluding hydrogens is 375 g/mol. The van der Waals surface area contributed by atoms with Gasteiger partial charge in [0.05, 0.1) is 17.1 Å². The first-order valence-corrected chi connectivity index (χ1v) is 10.8. The van der Waals surface area contributed by atoms with Crippen LogP contribution in [0.25, 0.3) is 27.5 Å². The summed E-state index contributed by atoms with van der Waals surface area (Å²) < 4.78 is 2.40. The summed E-state index contributed by atoms with van der Waals surface area (Å²) in [5, 5.41) is 12.5. The normalized spacial score (nSPS) is 14.9. The average molecular weight is 394 g/mol. The molecular formula is C28H19BN2. The lowest BCUT2D eigenvalue weighted by Gasteiger charge is -2.42. The Kier molecular flexibility index (Phi) is 3.00. The van der Waals surface area contributed by atoms with Crippen LogP contribution in [-0.2, 0) is 5.41 Å². The molecule has 0 aliphatic carbocycles. The summed E-state index contributed by atoms with van der Waals surface area (Å²) >= 11 is 0. The summed E-state index contributed by atoms with van der Waals surface area (Å²) in [5.41, 5.74) is 10.9. The van der Waals surface area contributed by atoms with Gasteiger partial charge < -0.3 is 4.57 Å². The maximum absolute atomic E-state index is 9.90. The van der Waals surface area contributed by atoms with E-state index >= 15 is 0 Å². The summed E-state index contributed by atoms with van der Waals surface area (Å²) in [6, 6.07) is 30.9. The first kappa shape index (κ1) is 17.0. The fourth-order valence-electron chi connectivity index (χ4n) is 6.18. The number of hydrogen-bond donors (Lipinski definition) is 0. The van der Waals surface area contributed by atoms with Gasteiger partial charge in [0.15, 0.2) is 0 Å². The second-order valence-corrected chi connectivity index (χ2v) is 9.31. The highest BCUT2D eigenvalue weighted by Gasteiger charge is 2.44. The van der Waals surface area contributed by atoms with Crippen LogP contribution >= 0.6 is 0 Å². The van der Waals surface area contributed by atoms with Crippen LogP contribution in [0, 0.1) is 11.3 Å². The van der Waals surface area contributed by atoms with Gasteiger partial charge in [0.1, 0.15) is 0 Å². The van der Waals surface area contributed by atoms with E-state index in [9.17, 15) is 5.26 Å². The molecule has 2 aliphatic rings. The topological polar surface area (TPSA) is 28.7 Å². The number of nitrogens with zero attached hydrogens (tertiary/aromatic N) is 2. The molecule has 4 aromatic carbocycles. The number of benzene rings is 4. The van der Waals surface area contributed by atoms with Crippen LogP contribution in [0.15, 0.2) is 78.9 Å². The van der Waals surface area contributed by atoms with Crippen molar-refractivity contribution in [1.82, 2.24) is 4.57 Å². The molecule has 31 heavy (non-hydrogen) atoms. The summed E-state index contributed by atoms with van der Waals surface area (Å²) in [4.78, 5) is 0. The molecule has 0 unspecified atom stereocenters. The molecule has 0 bridgehead atoms. The lowest BCUT2D eigenvalue weighted by atomic mass is 9.30. The van der Waals surface area contributed by atoms with Crippen molar-refractivity contribution in [3.63, 3.8) is 0 Å². The van der Waals surface area contributed by atoms with Crippen LogP contribution in [0.5, 0.6) is 0 Å². The van der Waals surface area contributed by atoms with E-state index in [0.717, 1.165) is 11.3 Å².